The molecule has 0 spiro atoms. The van der Waals surface area contributed by atoms with Crippen molar-refractivity contribution in [3.8, 4) is 0 Å². The number of hydrogen-bond donors (Lipinski definition) is 2. The predicted molar refractivity (Wildman–Crippen MR) is 101 cm³/mol. The molecule has 6 nitrogen and oxygen atoms in total. The highest BCUT2D eigenvalue weighted by atomic mass is 16.5. The van der Waals surface area contributed by atoms with Crippen LogP contribution in [0.5, 0.6) is 0 Å². The Labute approximate surface area is 156 Å². The summed E-state index contributed by atoms with van der Waals surface area (Å²) in [6, 6.07) is 10.7. The molecular weight excluding hydrogens is 330 g/mol. The molecule has 0 aromatic heterocycles. The highest BCUT2D eigenvalue weighted by Crippen LogP contribution is 2.32. The molecule has 2 fully saturated rings. The number of carbonyl (C=O) groups is 1. The molecule has 2 saturated heterocycles. The molecule has 2 aliphatic rings. The van der Waals surface area contributed by atoms with Gasteiger partial charge in [-0.1, -0.05) is 30.3 Å². The minimum absolute atomic E-state index is 0.0609. The summed E-state index contributed by atoms with van der Waals surface area (Å²) in [6.07, 6.45) is 0. The Morgan fingerprint density at radius 1 is 1.27 bits per heavy atom. The minimum Gasteiger partial charge on any atom is -0.395 e. The van der Waals surface area contributed by atoms with Crippen LogP contribution in [-0.2, 0) is 9.53 Å². The molecule has 0 aliphatic carbocycles. The lowest BCUT2D eigenvalue weighted by molar-refractivity contribution is -0.136. The van der Waals surface area contributed by atoms with Crippen molar-refractivity contribution in [2.45, 2.75) is 37.9 Å². The summed E-state index contributed by atoms with van der Waals surface area (Å²) in [7, 11) is 0. The summed E-state index contributed by atoms with van der Waals surface area (Å²) in [4.78, 5) is 17.0. The molecule has 1 amide bonds. The summed E-state index contributed by atoms with van der Waals surface area (Å²) in [5.74, 6) is 0.404. The molecule has 2 N–H and O–H groups in total. The molecule has 3 rings (SSSR count). The van der Waals surface area contributed by atoms with Gasteiger partial charge in [0.15, 0.2) is 0 Å². The van der Waals surface area contributed by atoms with Gasteiger partial charge in [-0.05, 0) is 19.4 Å². The van der Waals surface area contributed by atoms with Gasteiger partial charge < -0.3 is 20.1 Å². The molecular formula is C20H31N3O3. The zero-order chi connectivity index (χ0) is 18.5. The largest absolute Gasteiger partial charge is 0.395 e. The lowest BCUT2D eigenvalue weighted by Gasteiger charge is -2.48. The van der Waals surface area contributed by atoms with Crippen molar-refractivity contribution in [3.63, 3.8) is 0 Å². The Hall–Kier alpha value is -1.47. The van der Waals surface area contributed by atoms with Crippen molar-refractivity contribution in [2.24, 2.45) is 0 Å². The quantitative estimate of drug-likeness (QED) is 0.747. The molecule has 0 radical (unpaired) electrons. The molecule has 1 aromatic rings. The average Bonchev–Trinajstić information content (AvgIpc) is 2.62. The fraction of sp³-hybridized carbons (Fsp3) is 0.650. The van der Waals surface area contributed by atoms with Crippen LogP contribution in [0.15, 0.2) is 30.3 Å². The summed E-state index contributed by atoms with van der Waals surface area (Å²) in [5, 5.41) is 13.1. The number of morpholine rings is 1. The molecule has 2 aliphatic heterocycles. The van der Waals surface area contributed by atoms with Crippen LogP contribution in [0, 0.1) is 0 Å². The second-order valence-electron chi connectivity index (χ2n) is 7.53. The molecule has 1 aromatic carbocycles. The van der Waals surface area contributed by atoms with Crippen molar-refractivity contribution in [3.05, 3.63) is 35.9 Å². The van der Waals surface area contributed by atoms with E-state index in [1.807, 2.05) is 23.1 Å². The lowest BCUT2D eigenvalue weighted by Crippen LogP contribution is -2.66. The Morgan fingerprint density at radius 2 is 1.96 bits per heavy atom. The third-order valence-electron chi connectivity index (χ3n) is 5.48. The number of benzene rings is 1. The zero-order valence-corrected chi connectivity index (χ0v) is 15.8. The standard InChI is InChI=1S/C20H31N3O3/c1-15(2)23(19(25)13-22-8-10-26-11-9-22)12-17-20(18(14-24)21-17)16-6-4-3-5-7-16/h3-7,15,17-18,20-21,24H,8-14H2,1-2H3/t17-,18-,20-/m1/s1. The van der Waals surface area contributed by atoms with Gasteiger partial charge in [-0.15, -0.1) is 0 Å². The van der Waals surface area contributed by atoms with Gasteiger partial charge in [0.05, 0.1) is 26.4 Å². The molecule has 0 unspecified atom stereocenters. The molecule has 0 bridgehead atoms. The first-order valence-corrected chi connectivity index (χ1v) is 9.61. The van der Waals surface area contributed by atoms with E-state index in [1.165, 1.54) is 5.56 Å². The van der Waals surface area contributed by atoms with Crippen molar-refractivity contribution < 1.29 is 14.6 Å². The Balaban J connectivity index is 1.64. The molecule has 6 heteroatoms. The van der Waals surface area contributed by atoms with Crippen molar-refractivity contribution in [1.82, 2.24) is 15.1 Å². The first-order valence-electron chi connectivity index (χ1n) is 9.61. The number of nitrogens with zero attached hydrogens (tertiary/aromatic N) is 2. The SMILES string of the molecule is CC(C)N(C[C@H]1N[C@H](CO)[C@@H]1c1ccccc1)C(=O)CN1CCOCC1. The number of rotatable bonds is 7. The van der Waals surface area contributed by atoms with E-state index < -0.39 is 0 Å². The number of aliphatic hydroxyl groups excluding tert-OH is 1. The van der Waals surface area contributed by atoms with E-state index in [-0.39, 0.29) is 36.6 Å². The third-order valence-corrected chi connectivity index (χ3v) is 5.48. The Kier molecular flexibility index (Phi) is 6.64. The van der Waals surface area contributed by atoms with Crippen molar-refractivity contribution >= 4 is 5.91 Å². The minimum atomic E-state index is 0.0609. The second-order valence-corrected chi connectivity index (χ2v) is 7.53. The van der Waals surface area contributed by atoms with Crippen LogP contribution >= 0.6 is 0 Å². The number of amides is 1. The van der Waals surface area contributed by atoms with Gasteiger partial charge in [0.2, 0.25) is 5.91 Å². The van der Waals surface area contributed by atoms with Gasteiger partial charge in [0, 0.05) is 43.7 Å². The molecule has 2 heterocycles. The van der Waals surface area contributed by atoms with Crippen LogP contribution in [0.4, 0.5) is 0 Å². The summed E-state index contributed by atoms with van der Waals surface area (Å²) < 4.78 is 5.37. The number of carbonyl (C=O) groups excluding carboxylic acids is 1. The van der Waals surface area contributed by atoms with Crippen LogP contribution in [0.1, 0.15) is 25.3 Å². The van der Waals surface area contributed by atoms with Crippen molar-refractivity contribution in [1.29, 1.82) is 0 Å². The fourth-order valence-corrected chi connectivity index (χ4v) is 3.97. The highest BCUT2D eigenvalue weighted by molar-refractivity contribution is 5.78. The number of nitrogens with one attached hydrogen (secondary N) is 1. The van der Waals surface area contributed by atoms with Crippen LogP contribution in [0.25, 0.3) is 0 Å². The van der Waals surface area contributed by atoms with Gasteiger partial charge in [0.25, 0.3) is 0 Å². The van der Waals surface area contributed by atoms with Crippen LogP contribution in [0.3, 0.4) is 0 Å². The summed E-state index contributed by atoms with van der Waals surface area (Å²) in [5.41, 5.74) is 1.22. The van der Waals surface area contributed by atoms with E-state index in [0.717, 1.165) is 13.1 Å². The van der Waals surface area contributed by atoms with Crippen LogP contribution < -0.4 is 5.32 Å². The second kappa shape index (κ2) is 8.95. The number of hydrogen-bond acceptors (Lipinski definition) is 5. The number of aliphatic hydroxyl groups is 1. The van der Waals surface area contributed by atoms with E-state index in [9.17, 15) is 9.90 Å². The topological polar surface area (TPSA) is 65.0 Å². The maximum atomic E-state index is 12.9. The van der Waals surface area contributed by atoms with E-state index in [1.54, 1.807) is 0 Å². The fourth-order valence-electron chi connectivity index (χ4n) is 3.97. The molecule has 3 atom stereocenters. The van der Waals surface area contributed by atoms with E-state index >= 15 is 0 Å². The van der Waals surface area contributed by atoms with Gasteiger partial charge >= 0.3 is 0 Å². The molecule has 26 heavy (non-hydrogen) atoms. The van der Waals surface area contributed by atoms with Gasteiger partial charge in [-0.2, -0.15) is 0 Å². The summed E-state index contributed by atoms with van der Waals surface area (Å²) in [6.45, 7) is 8.40. The monoisotopic (exact) mass is 361 g/mol. The smallest absolute Gasteiger partial charge is 0.237 e. The normalized spacial score (nSPS) is 26.5. The Morgan fingerprint density at radius 3 is 2.58 bits per heavy atom. The van der Waals surface area contributed by atoms with E-state index in [2.05, 4.69) is 36.2 Å². The molecule has 144 valence electrons. The van der Waals surface area contributed by atoms with Gasteiger partial charge in [0.1, 0.15) is 0 Å². The first-order chi connectivity index (χ1) is 12.6. The predicted octanol–water partition coefficient (Wildman–Crippen LogP) is 0.672. The molecule has 0 saturated carbocycles. The Bertz CT molecular complexity index is 575. The first kappa shape index (κ1) is 19.3. The summed E-state index contributed by atoms with van der Waals surface area (Å²) >= 11 is 0. The van der Waals surface area contributed by atoms with Crippen LogP contribution in [0.2, 0.25) is 0 Å². The van der Waals surface area contributed by atoms with E-state index in [4.69, 9.17) is 4.74 Å². The van der Waals surface area contributed by atoms with Gasteiger partial charge in [-0.3, -0.25) is 9.69 Å². The maximum Gasteiger partial charge on any atom is 0.237 e. The van der Waals surface area contributed by atoms with E-state index in [0.29, 0.717) is 26.3 Å². The van der Waals surface area contributed by atoms with Crippen LogP contribution in [-0.4, -0.2) is 84.9 Å². The highest BCUT2D eigenvalue weighted by Gasteiger charge is 2.42. The third kappa shape index (κ3) is 4.43. The van der Waals surface area contributed by atoms with Gasteiger partial charge in [-0.25, -0.2) is 0 Å². The average molecular weight is 361 g/mol. The lowest BCUT2D eigenvalue weighted by atomic mass is 9.77. The van der Waals surface area contributed by atoms with Crippen molar-refractivity contribution in [2.75, 3.05) is 46.0 Å². The zero-order valence-electron chi connectivity index (χ0n) is 15.8. The maximum absolute atomic E-state index is 12.9. The number of ether oxygens (including phenoxy) is 1.